The van der Waals surface area contributed by atoms with Gasteiger partial charge >= 0.3 is 0 Å². The molecule has 3 fully saturated rings. The van der Waals surface area contributed by atoms with E-state index >= 15 is 0 Å². The molecule has 0 spiro atoms. The molecule has 0 amide bonds. The minimum absolute atomic E-state index is 0.716. The first-order valence-corrected chi connectivity index (χ1v) is 21.0. The van der Waals surface area contributed by atoms with Crippen molar-refractivity contribution >= 4 is 76.3 Å². The first-order valence-electron chi connectivity index (χ1n) is 15.7. The quantitative estimate of drug-likeness (QED) is 0.111. The average molecular weight is 635 g/mol. The van der Waals surface area contributed by atoms with Crippen molar-refractivity contribution in [2.75, 3.05) is 18.8 Å². The molecule has 0 heterocycles. The summed E-state index contributed by atoms with van der Waals surface area (Å²) in [7, 11) is 7.62. The molecular weight excluding hydrogens is 581 g/mol. The van der Waals surface area contributed by atoms with Gasteiger partial charge in [-0.1, -0.05) is 124 Å². The summed E-state index contributed by atoms with van der Waals surface area (Å²) in [5.74, 6) is 5.50. The van der Waals surface area contributed by atoms with Crippen LogP contribution in [-0.4, -0.2) is 32.7 Å². The molecule has 4 atom stereocenters. The second kappa shape index (κ2) is 20.1. The highest BCUT2D eigenvalue weighted by atomic mass is 33.1. The Kier molecular flexibility index (Phi) is 17.9. The molecule has 3 aliphatic rings. The molecule has 220 valence electrons. The summed E-state index contributed by atoms with van der Waals surface area (Å²) >= 11 is 11.3. The van der Waals surface area contributed by atoms with Gasteiger partial charge in [0, 0.05) is 24.1 Å². The molecule has 3 aliphatic carbocycles. The number of thiocarbonyl (C=S) groups is 2. The van der Waals surface area contributed by atoms with Gasteiger partial charge in [0.05, 0.1) is 0 Å². The van der Waals surface area contributed by atoms with Gasteiger partial charge in [0.25, 0.3) is 0 Å². The summed E-state index contributed by atoms with van der Waals surface area (Å²) in [5, 5.41) is 7.75. The van der Waals surface area contributed by atoms with Crippen molar-refractivity contribution in [3.8, 4) is 0 Å². The van der Waals surface area contributed by atoms with Crippen LogP contribution in [0.15, 0.2) is 0 Å². The Morgan fingerprint density at radius 2 is 1.32 bits per heavy atom. The third-order valence-corrected chi connectivity index (χ3v) is 15.8. The number of nitrogens with one attached hydrogen (secondary N) is 2. The molecular formula is C30H54N2S6. The lowest BCUT2D eigenvalue weighted by Crippen LogP contribution is -2.29. The van der Waals surface area contributed by atoms with E-state index in [9.17, 15) is 0 Å². The highest BCUT2D eigenvalue weighted by molar-refractivity contribution is 8.84. The lowest BCUT2D eigenvalue weighted by atomic mass is 9.77. The van der Waals surface area contributed by atoms with Crippen molar-refractivity contribution in [1.29, 1.82) is 0 Å². The largest absolute Gasteiger partial charge is 0.370 e. The van der Waals surface area contributed by atoms with Gasteiger partial charge < -0.3 is 10.6 Å². The third kappa shape index (κ3) is 13.9. The smallest absolute Gasteiger partial charge is 0.144 e. The highest BCUT2D eigenvalue weighted by Gasteiger charge is 2.31. The molecule has 0 aromatic rings. The number of rotatable bonds is 14. The lowest BCUT2D eigenvalue weighted by molar-refractivity contribution is 0.245. The zero-order valence-electron chi connectivity index (χ0n) is 24.1. The van der Waals surface area contributed by atoms with E-state index < -0.39 is 0 Å². The van der Waals surface area contributed by atoms with Crippen molar-refractivity contribution in [2.45, 2.75) is 128 Å². The Hall–Kier alpha value is 1.18. The van der Waals surface area contributed by atoms with E-state index in [0.717, 1.165) is 51.3 Å². The fraction of sp³-hybridized carbons (Fsp3) is 0.933. The number of hydrogen-bond donors (Lipinski definition) is 2. The van der Waals surface area contributed by atoms with Crippen LogP contribution >= 0.6 is 67.6 Å². The Morgan fingerprint density at radius 1 is 0.763 bits per heavy atom. The van der Waals surface area contributed by atoms with Crippen molar-refractivity contribution < 1.29 is 0 Å². The fourth-order valence-corrected chi connectivity index (χ4v) is 12.4. The van der Waals surface area contributed by atoms with Crippen molar-refractivity contribution in [3.05, 3.63) is 0 Å². The molecule has 0 aliphatic heterocycles. The molecule has 0 bridgehead atoms. The van der Waals surface area contributed by atoms with Crippen LogP contribution < -0.4 is 10.6 Å². The highest BCUT2D eigenvalue weighted by Crippen LogP contribution is 2.44. The maximum atomic E-state index is 5.67. The van der Waals surface area contributed by atoms with Gasteiger partial charge in [0.2, 0.25) is 0 Å². The molecule has 0 aromatic carbocycles. The first-order chi connectivity index (χ1) is 18.5. The Morgan fingerprint density at radius 3 is 1.89 bits per heavy atom. The molecule has 2 N–H and O–H groups in total. The maximum Gasteiger partial charge on any atom is 0.144 e. The van der Waals surface area contributed by atoms with E-state index in [2.05, 4.69) is 24.5 Å². The summed E-state index contributed by atoms with van der Waals surface area (Å²) in [6, 6.07) is 0. The van der Waals surface area contributed by atoms with Crippen molar-refractivity contribution in [2.24, 2.45) is 29.6 Å². The molecule has 0 aromatic heterocycles. The average Bonchev–Trinajstić information content (AvgIpc) is 2.94. The molecule has 2 nitrogen and oxygen atoms in total. The molecule has 8 heteroatoms. The zero-order valence-corrected chi connectivity index (χ0v) is 29.0. The van der Waals surface area contributed by atoms with Crippen LogP contribution in [0.3, 0.4) is 0 Å². The topological polar surface area (TPSA) is 24.1 Å². The van der Waals surface area contributed by atoms with E-state index in [4.69, 9.17) is 24.4 Å². The van der Waals surface area contributed by atoms with Crippen LogP contribution in [-0.2, 0) is 0 Å². The SMILES string of the molecule is CC(CSSC(=S)NCCCC1CCCCC1)C1CCC(C)C(SSC(=S)NCCCC2CCCCC2)C1. The van der Waals surface area contributed by atoms with Crippen LogP contribution in [0.1, 0.15) is 123 Å². The second-order valence-corrected chi connectivity index (χ2v) is 18.5. The summed E-state index contributed by atoms with van der Waals surface area (Å²) in [4.78, 5) is 0. The van der Waals surface area contributed by atoms with Gasteiger partial charge in [-0.3, -0.25) is 0 Å². The Bertz CT molecular complexity index is 665. The summed E-state index contributed by atoms with van der Waals surface area (Å²) < 4.78 is 1.97. The Labute approximate surface area is 261 Å². The molecule has 3 saturated carbocycles. The molecule has 3 rings (SSSR count). The monoisotopic (exact) mass is 634 g/mol. The number of hydrogen-bond acceptors (Lipinski definition) is 6. The van der Waals surface area contributed by atoms with Crippen LogP contribution in [0.5, 0.6) is 0 Å². The van der Waals surface area contributed by atoms with Crippen LogP contribution in [0, 0.1) is 29.6 Å². The predicted octanol–water partition coefficient (Wildman–Crippen LogP) is 10.7. The summed E-state index contributed by atoms with van der Waals surface area (Å²) in [5.41, 5.74) is 0. The standard InChI is InChI=1S/C30H54N2S6/c1-23-17-18-27(21-28(23)36-38-30(34)32-20-10-16-26-13-7-4-8-14-26)24(2)22-35-37-29(33)31-19-9-15-25-11-5-3-6-12-25/h23-28H,3-22H2,1-2H3,(H,31,33)(H,32,34). The molecule has 0 radical (unpaired) electrons. The van der Waals surface area contributed by atoms with Gasteiger partial charge in [0.1, 0.15) is 8.64 Å². The first kappa shape index (κ1) is 33.7. The minimum Gasteiger partial charge on any atom is -0.370 e. The minimum atomic E-state index is 0.716. The van der Waals surface area contributed by atoms with Gasteiger partial charge in [-0.05, 0) is 96.1 Å². The maximum absolute atomic E-state index is 5.67. The normalized spacial score (nSPS) is 26.1. The summed E-state index contributed by atoms with van der Waals surface area (Å²) in [6.07, 6.45) is 23.9. The van der Waals surface area contributed by atoms with E-state index in [0.29, 0.717) is 5.25 Å². The third-order valence-electron chi connectivity index (χ3n) is 9.25. The van der Waals surface area contributed by atoms with Gasteiger partial charge in [-0.2, -0.15) is 0 Å². The van der Waals surface area contributed by atoms with Gasteiger partial charge in [0.15, 0.2) is 0 Å². The molecule has 38 heavy (non-hydrogen) atoms. The lowest BCUT2D eigenvalue weighted by Gasteiger charge is -2.36. The van der Waals surface area contributed by atoms with Gasteiger partial charge in [-0.25, -0.2) is 0 Å². The second-order valence-electron chi connectivity index (χ2n) is 12.3. The predicted molar refractivity (Wildman–Crippen MR) is 188 cm³/mol. The zero-order chi connectivity index (χ0) is 27.0. The van der Waals surface area contributed by atoms with Crippen molar-refractivity contribution in [1.82, 2.24) is 10.6 Å². The molecule has 4 unspecified atom stereocenters. The van der Waals surface area contributed by atoms with Gasteiger partial charge in [-0.15, -0.1) is 0 Å². The van der Waals surface area contributed by atoms with E-state index in [-0.39, 0.29) is 0 Å². The summed E-state index contributed by atoms with van der Waals surface area (Å²) in [6.45, 7) is 7.01. The molecule has 0 saturated heterocycles. The Balaban J connectivity index is 1.21. The van der Waals surface area contributed by atoms with Crippen LogP contribution in [0.25, 0.3) is 0 Å². The van der Waals surface area contributed by atoms with Crippen LogP contribution in [0.4, 0.5) is 0 Å². The van der Waals surface area contributed by atoms with Crippen molar-refractivity contribution in [3.63, 3.8) is 0 Å². The van der Waals surface area contributed by atoms with Crippen LogP contribution in [0.2, 0.25) is 0 Å². The van der Waals surface area contributed by atoms with E-state index in [1.54, 1.807) is 10.8 Å². The fourth-order valence-electron chi connectivity index (χ4n) is 6.57. The van der Waals surface area contributed by atoms with E-state index in [1.807, 2.05) is 32.4 Å². The van der Waals surface area contributed by atoms with E-state index in [1.165, 1.54) is 115 Å².